The molecular formula is C15H25N3OS. The number of rotatable bonds is 6. The van der Waals surface area contributed by atoms with Crippen molar-refractivity contribution in [1.82, 2.24) is 15.3 Å². The Morgan fingerprint density at radius 1 is 1.25 bits per heavy atom. The van der Waals surface area contributed by atoms with E-state index in [1.807, 2.05) is 34.0 Å². The lowest BCUT2D eigenvalue weighted by Gasteiger charge is -2.24. The Labute approximate surface area is 126 Å². The zero-order valence-corrected chi connectivity index (χ0v) is 14.1. The minimum absolute atomic E-state index is 0.0876. The van der Waals surface area contributed by atoms with Gasteiger partial charge in [-0.05, 0) is 52.4 Å². The highest BCUT2D eigenvalue weighted by atomic mass is 32.2. The molecule has 0 bridgehead atoms. The number of aryl methyl sites for hydroxylation is 2. The predicted octanol–water partition coefficient (Wildman–Crippen LogP) is 3.05. The van der Waals surface area contributed by atoms with Crippen molar-refractivity contribution in [3.05, 3.63) is 17.0 Å². The van der Waals surface area contributed by atoms with Crippen molar-refractivity contribution in [3.63, 3.8) is 0 Å². The topological polar surface area (TPSA) is 54.9 Å². The molecular weight excluding hydrogens is 270 g/mol. The molecule has 112 valence electrons. The smallest absolute Gasteiger partial charge is 0.220 e. The number of hydrogen-bond donors (Lipinski definition) is 1. The summed E-state index contributed by atoms with van der Waals surface area (Å²) < 4.78 is 0. The van der Waals surface area contributed by atoms with E-state index in [0.29, 0.717) is 12.8 Å². The largest absolute Gasteiger partial charge is 0.351 e. The van der Waals surface area contributed by atoms with Crippen LogP contribution in [0.2, 0.25) is 0 Å². The van der Waals surface area contributed by atoms with Gasteiger partial charge in [0.15, 0.2) is 5.16 Å². The van der Waals surface area contributed by atoms with Crippen LogP contribution in [0.5, 0.6) is 0 Å². The van der Waals surface area contributed by atoms with Gasteiger partial charge in [0.2, 0.25) is 5.91 Å². The van der Waals surface area contributed by atoms with Crippen LogP contribution in [0.25, 0.3) is 0 Å². The van der Waals surface area contributed by atoms with Crippen molar-refractivity contribution in [2.24, 2.45) is 0 Å². The van der Waals surface area contributed by atoms with Crippen LogP contribution in [0, 0.1) is 13.8 Å². The molecule has 0 fully saturated rings. The Bertz CT molecular complexity index is 463. The second-order valence-electron chi connectivity index (χ2n) is 5.65. The molecule has 1 rings (SSSR count). The summed E-state index contributed by atoms with van der Waals surface area (Å²) >= 11 is 1.54. The molecule has 4 nitrogen and oxygen atoms in total. The quantitative estimate of drug-likeness (QED) is 0.647. The molecule has 0 saturated heterocycles. The molecule has 1 aromatic heterocycles. The molecule has 1 N–H and O–H groups in total. The lowest BCUT2D eigenvalue weighted by Crippen LogP contribution is -2.42. The highest BCUT2D eigenvalue weighted by molar-refractivity contribution is 7.98. The van der Waals surface area contributed by atoms with E-state index in [4.69, 9.17) is 0 Å². The first-order valence-corrected chi connectivity index (χ1v) is 8.20. The number of carbonyl (C=O) groups is 1. The number of amides is 1. The van der Waals surface area contributed by atoms with E-state index in [1.54, 1.807) is 0 Å². The van der Waals surface area contributed by atoms with E-state index in [0.717, 1.165) is 28.5 Å². The maximum Gasteiger partial charge on any atom is 0.220 e. The van der Waals surface area contributed by atoms with Gasteiger partial charge >= 0.3 is 0 Å². The van der Waals surface area contributed by atoms with Crippen molar-refractivity contribution < 1.29 is 4.79 Å². The molecule has 1 heterocycles. The lowest BCUT2D eigenvalue weighted by molar-refractivity contribution is -0.122. The van der Waals surface area contributed by atoms with Crippen molar-refractivity contribution in [2.45, 2.75) is 64.6 Å². The third-order valence-electron chi connectivity index (χ3n) is 3.55. The zero-order valence-electron chi connectivity index (χ0n) is 13.3. The highest BCUT2D eigenvalue weighted by Gasteiger charge is 2.18. The van der Waals surface area contributed by atoms with E-state index in [2.05, 4.69) is 22.2 Å². The van der Waals surface area contributed by atoms with Gasteiger partial charge in [-0.1, -0.05) is 18.7 Å². The summed E-state index contributed by atoms with van der Waals surface area (Å²) in [6.45, 7) is 10.1. The molecule has 0 saturated carbocycles. The Morgan fingerprint density at radius 3 is 2.25 bits per heavy atom. The third-order valence-corrected chi connectivity index (χ3v) is 4.09. The normalized spacial score (nSPS) is 11.5. The Balaban J connectivity index is 2.69. The van der Waals surface area contributed by atoms with E-state index < -0.39 is 0 Å². The van der Waals surface area contributed by atoms with E-state index in [1.165, 1.54) is 11.8 Å². The minimum atomic E-state index is -0.139. The van der Waals surface area contributed by atoms with E-state index in [9.17, 15) is 4.79 Å². The first-order valence-electron chi connectivity index (χ1n) is 6.98. The molecule has 5 heteroatoms. The number of hydrogen-bond acceptors (Lipinski definition) is 4. The minimum Gasteiger partial charge on any atom is -0.351 e. The number of nitrogens with one attached hydrogen (secondary N) is 1. The second-order valence-corrected chi connectivity index (χ2v) is 6.42. The second kappa shape index (κ2) is 7.07. The number of thioether (sulfide) groups is 1. The third kappa shape index (κ3) is 4.78. The maximum absolute atomic E-state index is 12.0. The summed E-state index contributed by atoms with van der Waals surface area (Å²) in [4.78, 5) is 20.9. The number of aromatic nitrogens is 2. The summed E-state index contributed by atoms with van der Waals surface area (Å²) in [5.74, 6) is 0.0876. The standard InChI is InChI=1S/C15H25N3OS/c1-7-15(4,5)18-13(19)9-8-12-10(2)16-14(20-6)17-11(12)3/h7-9H2,1-6H3,(H,18,19). The molecule has 1 aromatic rings. The zero-order chi connectivity index (χ0) is 15.3. The van der Waals surface area contributed by atoms with Gasteiger partial charge in [0, 0.05) is 23.3 Å². The first kappa shape index (κ1) is 17.0. The first-order chi connectivity index (χ1) is 9.29. The van der Waals surface area contributed by atoms with Gasteiger partial charge in [0.05, 0.1) is 0 Å². The monoisotopic (exact) mass is 295 g/mol. The van der Waals surface area contributed by atoms with Crippen LogP contribution >= 0.6 is 11.8 Å². The number of carbonyl (C=O) groups excluding carboxylic acids is 1. The van der Waals surface area contributed by atoms with E-state index in [-0.39, 0.29) is 11.4 Å². The van der Waals surface area contributed by atoms with Crippen LogP contribution in [-0.2, 0) is 11.2 Å². The molecule has 0 spiro atoms. The summed E-state index contributed by atoms with van der Waals surface area (Å²) in [6.07, 6.45) is 4.06. The molecule has 1 amide bonds. The van der Waals surface area contributed by atoms with Crippen LogP contribution in [0.15, 0.2) is 5.16 Å². The van der Waals surface area contributed by atoms with Gasteiger partial charge in [-0.15, -0.1) is 0 Å². The van der Waals surface area contributed by atoms with Crippen LogP contribution < -0.4 is 5.32 Å². The highest BCUT2D eigenvalue weighted by Crippen LogP contribution is 2.17. The van der Waals surface area contributed by atoms with Gasteiger partial charge in [0.25, 0.3) is 0 Å². The molecule has 0 radical (unpaired) electrons. The van der Waals surface area contributed by atoms with Crippen LogP contribution in [-0.4, -0.2) is 27.7 Å². The van der Waals surface area contributed by atoms with Gasteiger partial charge in [0.1, 0.15) is 0 Å². The van der Waals surface area contributed by atoms with Gasteiger partial charge < -0.3 is 5.32 Å². The average molecular weight is 295 g/mol. The Kier molecular flexibility index (Phi) is 5.99. The summed E-state index contributed by atoms with van der Waals surface area (Å²) in [5.41, 5.74) is 2.90. The van der Waals surface area contributed by atoms with Crippen molar-refractivity contribution >= 4 is 17.7 Å². The summed E-state index contributed by atoms with van der Waals surface area (Å²) in [5, 5.41) is 3.85. The molecule has 0 aromatic carbocycles. The molecule has 0 unspecified atom stereocenters. The lowest BCUT2D eigenvalue weighted by atomic mass is 10.0. The fraction of sp³-hybridized carbons (Fsp3) is 0.667. The van der Waals surface area contributed by atoms with Crippen molar-refractivity contribution in [3.8, 4) is 0 Å². The fourth-order valence-corrected chi connectivity index (χ4v) is 2.39. The molecule has 0 aliphatic heterocycles. The fourth-order valence-electron chi connectivity index (χ4n) is 1.93. The van der Waals surface area contributed by atoms with Crippen LogP contribution in [0.1, 0.15) is 50.6 Å². The van der Waals surface area contributed by atoms with E-state index >= 15 is 0 Å². The van der Waals surface area contributed by atoms with Gasteiger partial charge in [-0.2, -0.15) is 0 Å². The van der Waals surface area contributed by atoms with Crippen molar-refractivity contribution in [2.75, 3.05) is 6.26 Å². The van der Waals surface area contributed by atoms with Crippen molar-refractivity contribution in [1.29, 1.82) is 0 Å². The summed E-state index contributed by atoms with van der Waals surface area (Å²) in [7, 11) is 0. The summed E-state index contributed by atoms with van der Waals surface area (Å²) in [6, 6.07) is 0. The van der Waals surface area contributed by atoms with Crippen LogP contribution in [0.3, 0.4) is 0 Å². The van der Waals surface area contributed by atoms with Crippen LogP contribution in [0.4, 0.5) is 0 Å². The maximum atomic E-state index is 12.0. The molecule has 20 heavy (non-hydrogen) atoms. The molecule has 0 atom stereocenters. The predicted molar refractivity (Wildman–Crippen MR) is 84.1 cm³/mol. The van der Waals surface area contributed by atoms with Gasteiger partial charge in [-0.3, -0.25) is 4.79 Å². The Hall–Kier alpha value is -1.10. The molecule has 0 aliphatic carbocycles. The molecule has 0 aliphatic rings. The SMILES string of the molecule is CCC(C)(C)NC(=O)CCc1c(C)nc(SC)nc1C. The average Bonchev–Trinajstić information content (AvgIpc) is 2.36. The number of nitrogens with zero attached hydrogens (tertiary/aromatic N) is 2. The van der Waals surface area contributed by atoms with Gasteiger partial charge in [-0.25, -0.2) is 9.97 Å². The Morgan fingerprint density at radius 2 is 1.80 bits per heavy atom.